The highest BCUT2D eigenvalue weighted by atomic mass is 35.5. The third-order valence-corrected chi connectivity index (χ3v) is 3.29. The molecule has 0 saturated carbocycles. The Balaban J connectivity index is 2.19. The van der Waals surface area contributed by atoms with Crippen LogP contribution in [0.15, 0.2) is 36.4 Å². The minimum absolute atomic E-state index is 0.358. The van der Waals surface area contributed by atoms with Gasteiger partial charge in [0.2, 0.25) is 0 Å². The number of rotatable bonds is 5. The van der Waals surface area contributed by atoms with Crippen LogP contribution in [0.5, 0.6) is 0 Å². The first kappa shape index (κ1) is 15.3. The summed E-state index contributed by atoms with van der Waals surface area (Å²) < 4.78 is 1.71. The van der Waals surface area contributed by atoms with E-state index in [0.717, 1.165) is 16.8 Å². The Hall–Kier alpha value is -2.11. The van der Waals surface area contributed by atoms with Gasteiger partial charge in [-0.15, -0.1) is 0 Å². The summed E-state index contributed by atoms with van der Waals surface area (Å²) in [5, 5.41) is 4.90. The number of nitrogens with zero attached hydrogens (tertiary/aromatic N) is 2. The zero-order valence-electron chi connectivity index (χ0n) is 11.8. The molecule has 2 rings (SSSR count). The van der Waals surface area contributed by atoms with E-state index >= 15 is 0 Å². The number of carbonyl (C=O) groups excluding carboxylic acids is 1. The van der Waals surface area contributed by atoms with E-state index in [1.807, 2.05) is 37.3 Å². The first-order valence-corrected chi connectivity index (χ1v) is 6.77. The molecular formula is C15H16ClN3O2. The number of nitrogens with one attached hydrogen (secondary N) is 1. The number of hydrogen-bond acceptors (Lipinski definition) is 3. The van der Waals surface area contributed by atoms with Gasteiger partial charge in [-0.25, -0.2) is 10.2 Å². The number of halogens is 1. The van der Waals surface area contributed by atoms with Crippen molar-refractivity contribution in [2.75, 3.05) is 7.11 Å². The maximum atomic E-state index is 11.3. The topological polar surface area (TPSA) is 56.1 Å². The summed E-state index contributed by atoms with van der Waals surface area (Å²) in [6.45, 7) is 2.43. The highest BCUT2D eigenvalue weighted by Gasteiger charge is 2.11. The molecule has 0 aliphatic carbocycles. The Kier molecular flexibility index (Phi) is 5.14. The quantitative estimate of drug-likeness (QED) is 0.682. The van der Waals surface area contributed by atoms with E-state index in [4.69, 9.17) is 11.6 Å². The van der Waals surface area contributed by atoms with E-state index in [1.54, 1.807) is 10.8 Å². The number of carbonyl (C=O) groups is 1. The third-order valence-electron chi connectivity index (χ3n) is 2.89. The van der Waals surface area contributed by atoms with E-state index in [9.17, 15) is 4.79 Å². The van der Waals surface area contributed by atoms with Gasteiger partial charge in [-0.1, -0.05) is 41.9 Å². The summed E-state index contributed by atoms with van der Waals surface area (Å²) in [5.74, 6) is -0.358. The minimum Gasteiger partial charge on any atom is -0.277 e. The van der Waals surface area contributed by atoms with Crippen molar-refractivity contribution < 1.29 is 9.63 Å². The Morgan fingerprint density at radius 3 is 2.81 bits per heavy atom. The number of benzene rings is 1. The molecular weight excluding hydrogens is 290 g/mol. The Morgan fingerprint density at radius 2 is 2.14 bits per heavy atom. The Bertz CT molecular complexity index is 650. The molecule has 21 heavy (non-hydrogen) atoms. The fourth-order valence-corrected chi connectivity index (χ4v) is 2.21. The normalized spacial score (nSPS) is 11.0. The summed E-state index contributed by atoms with van der Waals surface area (Å²) in [6.07, 6.45) is 2.98. The molecule has 0 aliphatic rings. The van der Waals surface area contributed by atoms with Gasteiger partial charge in [0.05, 0.1) is 19.3 Å². The zero-order chi connectivity index (χ0) is 15.2. The summed E-state index contributed by atoms with van der Waals surface area (Å²) in [4.78, 5) is 15.9. The Labute approximate surface area is 128 Å². The predicted molar refractivity (Wildman–Crippen MR) is 81.7 cm³/mol. The van der Waals surface area contributed by atoms with Crippen molar-refractivity contribution in [3.63, 3.8) is 0 Å². The van der Waals surface area contributed by atoms with Crippen LogP contribution < -0.4 is 5.48 Å². The molecule has 0 spiro atoms. The SMILES string of the molecule is CONC(=O)C=Cc1c(C)nn(Cc2ccccc2)c1Cl. The first-order valence-electron chi connectivity index (χ1n) is 6.39. The minimum atomic E-state index is -0.358. The van der Waals surface area contributed by atoms with E-state index in [-0.39, 0.29) is 5.91 Å². The second kappa shape index (κ2) is 7.06. The average Bonchev–Trinajstić information content (AvgIpc) is 2.73. The van der Waals surface area contributed by atoms with Crippen molar-refractivity contribution in [3.8, 4) is 0 Å². The molecule has 0 radical (unpaired) electrons. The molecule has 0 saturated heterocycles. The van der Waals surface area contributed by atoms with Crippen molar-refractivity contribution in [2.45, 2.75) is 13.5 Å². The van der Waals surface area contributed by atoms with Gasteiger partial charge in [0.1, 0.15) is 5.15 Å². The largest absolute Gasteiger partial charge is 0.277 e. The van der Waals surface area contributed by atoms with Crippen LogP contribution in [0.2, 0.25) is 5.15 Å². The van der Waals surface area contributed by atoms with Crippen molar-refractivity contribution in [2.24, 2.45) is 0 Å². The zero-order valence-corrected chi connectivity index (χ0v) is 12.6. The van der Waals surface area contributed by atoms with Crippen LogP contribution in [-0.2, 0) is 16.2 Å². The van der Waals surface area contributed by atoms with Crippen molar-refractivity contribution in [3.05, 3.63) is 58.4 Å². The van der Waals surface area contributed by atoms with Crippen LogP contribution in [0.25, 0.3) is 6.08 Å². The van der Waals surface area contributed by atoms with Gasteiger partial charge in [-0.2, -0.15) is 5.10 Å². The van der Waals surface area contributed by atoms with Gasteiger partial charge in [-0.3, -0.25) is 9.63 Å². The molecule has 2 aromatic rings. The molecule has 1 N–H and O–H groups in total. The van der Waals surface area contributed by atoms with Gasteiger partial charge < -0.3 is 0 Å². The van der Waals surface area contributed by atoms with Crippen LogP contribution in [-0.4, -0.2) is 22.8 Å². The van der Waals surface area contributed by atoms with E-state index in [2.05, 4.69) is 15.4 Å². The molecule has 0 aliphatic heterocycles. The number of aromatic nitrogens is 2. The fraction of sp³-hybridized carbons (Fsp3) is 0.200. The lowest BCUT2D eigenvalue weighted by Gasteiger charge is -2.03. The molecule has 1 amide bonds. The van der Waals surface area contributed by atoms with E-state index in [1.165, 1.54) is 13.2 Å². The van der Waals surface area contributed by atoms with Gasteiger partial charge in [0, 0.05) is 11.6 Å². The highest BCUT2D eigenvalue weighted by molar-refractivity contribution is 6.31. The number of hydroxylamine groups is 1. The fourth-order valence-electron chi connectivity index (χ4n) is 1.91. The smallest absolute Gasteiger partial charge is 0.267 e. The van der Waals surface area contributed by atoms with Gasteiger partial charge >= 0.3 is 0 Å². The summed E-state index contributed by atoms with van der Waals surface area (Å²) in [6, 6.07) is 9.91. The lowest BCUT2D eigenvalue weighted by molar-refractivity contribution is -0.126. The van der Waals surface area contributed by atoms with Crippen LogP contribution in [0, 0.1) is 6.92 Å². The predicted octanol–water partition coefficient (Wildman–Crippen LogP) is 2.58. The number of hydrogen-bond donors (Lipinski definition) is 1. The van der Waals surface area contributed by atoms with Crippen molar-refractivity contribution in [1.82, 2.24) is 15.3 Å². The lowest BCUT2D eigenvalue weighted by Crippen LogP contribution is -2.18. The van der Waals surface area contributed by atoms with E-state index in [0.29, 0.717) is 11.7 Å². The maximum Gasteiger partial charge on any atom is 0.267 e. The lowest BCUT2D eigenvalue weighted by atomic mass is 10.2. The summed E-state index contributed by atoms with van der Waals surface area (Å²) >= 11 is 6.33. The van der Waals surface area contributed by atoms with Crippen LogP contribution in [0.3, 0.4) is 0 Å². The maximum absolute atomic E-state index is 11.3. The van der Waals surface area contributed by atoms with Crippen LogP contribution in [0.1, 0.15) is 16.8 Å². The van der Waals surface area contributed by atoms with Crippen molar-refractivity contribution in [1.29, 1.82) is 0 Å². The van der Waals surface area contributed by atoms with Crippen LogP contribution >= 0.6 is 11.6 Å². The standard InChI is InChI=1S/C15H16ClN3O2/c1-11-13(8-9-14(20)18-21-2)15(16)19(17-11)10-12-6-4-3-5-7-12/h3-9H,10H2,1-2H3,(H,18,20). The molecule has 0 fully saturated rings. The summed E-state index contributed by atoms with van der Waals surface area (Å²) in [7, 11) is 1.38. The average molecular weight is 306 g/mol. The molecule has 0 unspecified atom stereocenters. The number of amides is 1. The molecule has 5 nitrogen and oxygen atoms in total. The molecule has 1 aromatic heterocycles. The van der Waals surface area contributed by atoms with Gasteiger partial charge in [0.25, 0.3) is 5.91 Å². The number of aryl methyl sites for hydroxylation is 1. The monoisotopic (exact) mass is 305 g/mol. The Morgan fingerprint density at radius 1 is 1.43 bits per heavy atom. The molecule has 110 valence electrons. The molecule has 0 bridgehead atoms. The first-order chi connectivity index (χ1) is 10.1. The third kappa shape index (κ3) is 3.93. The van der Waals surface area contributed by atoms with Gasteiger partial charge in [-0.05, 0) is 18.6 Å². The second-order valence-corrected chi connectivity index (χ2v) is 4.79. The highest BCUT2D eigenvalue weighted by Crippen LogP contribution is 2.22. The molecule has 0 atom stereocenters. The van der Waals surface area contributed by atoms with Crippen LogP contribution in [0.4, 0.5) is 0 Å². The van der Waals surface area contributed by atoms with E-state index < -0.39 is 0 Å². The van der Waals surface area contributed by atoms with Gasteiger partial charge in [0.15, 0.2) is 0 Å². The molecule has 1 aromatic carbocycles. The second-order valence-electron chi connectivity index (χ2n) is 4.44. The molecule has 6 heteroatoms. The summed E-state index contributed by atoms with van der Waals surface area (Å²) in [5.41, 5.74) is 4.79. The molecule has 1 heterocycles. The van der Waals surface area contributed by atoms with Crippen molar-refractivity contribution >= 4 is 23.6 Å².